The second kappa shape index (κ2) is 5.03. The van der Waals surface area contributed by atoms with Gasteiger partial charge in [-0.25, -0.2) is 9.97 Å². The lowest BCUT2D eigenvalue weighted by atomic mass is 10.1. The van der Waals surface area contributed by atoms with E-state index in [4.69, 9.17) is 4.52 Å². The number of nitrogens with zero attached hydrogens (tertiary/aromatic N) is 3. The van der Waals surface area contributed by atoms with Crippen molar-refractivity contribution in [2.45, 2.75) is 32.7 Å². The molecule has 20 heavy (non-hydrogen) atoms. The summed E-state index contributed by atoms with van der Waals surface area (Å²) in [5.74, 6) is 1.45. The summed E-state index contributed by atoms with van der Waals surface area (Å²) in [7, 11) is 0. The molecule has 1 fully saturated rings. The van der Waals surface area contributed by atoms with Crippen molar-refractivity contribution < 1.29 is 9.32 Å². The largest absolute Gasteiger partial charge is 0.361 e. The van der Waals surface area contributed by atoms with Crippen LogP contribution in [-0.2, 0) is 0 Å². The van der Waals surface area contributed by atoms with Gasteiger partial charge in [0.2, 0.25) is 0 Å². The van der Waals surface area contributed by atoms with Gasteiger partial charge in [0.15, 0.2) is 11.5 Å². The molecule has 6 heteroatoms. The molecule has 0 aromatic carbocycles. The van der Waals surface area contributed by atoms with Crippen LogP contribution in [0, 0.1) is 19.8 Å². The van der Waals surface area contributed by atoms with Crippen LogP contribution in [0.3, 0.4) is 0 Å². The second-order valence-corrected chi connectivity index (χ2v) is 5.17. The van der Waals surface area contributed by atoms with E-state index in [1.54, 1.807) is 19.2 Å². The van der Waals surface area contributed by atoms with E-state index < -0.39 is 0 Å². The van der Waals surface area contributed by atoms with E-state index in [0.717, 1.165) is 18.5 Å². The van der Waals surface area contributed by atoms with Crippen molar-refractivity contribution in [3.8, 4) is 0 Å². The zero-order valence-electron chi connectivity index (χ0n) is 11.5. The normalized spacial score (nSPS) is 15.9. The van der Waals surface area contributed by atoms with Gasteiger partial charge in [-0.3, -0.25) is 4.79 Å². The Labute approximate surface area is 116 Å². The Morgan fingerprint density at radius 1 is 1.45 bits per heavy atom. The van der Waals surface area contributed by atoms with Crippen molar-refractivity contribution in [3.63, 3.8) is 0 Å². The number of amides is 1. The average molecular weight is 272 g/mol. The molecule has 0 bridgehead atoms. The maximum Gasteiger partial charge on any atom is 0.274 e. The fraction of sp³-hybridized carbons (Fsp3) is 0.429. The molecule has 1 aliphatic carbocycles. The van der Waals surface area contributed by atoms with Gasteiger partial charge < -0.3 is 9.84 Å². The van der Waals surface area contributed by atoms with Gasteiger partial charge in [-0.05, 0) is 38.7 Å². The molecular formula is C14H16N4O2. The highest BCUT2D eigenvalue weighted by molar-refractivity contribution is 5.92. The van der Waals surface area contributed by atoms with E-state index in [9.17, 15) is 4.79 Å². The van der Waals surface area contributed by atoms with Gasteiger partial charge in [-0.15, -0.1) is 0 Å². The lowest BCUT2D eigenvalue weighted by Gasteiger charge is -2.16. The van der Waals surface area contributed by atoms with Crippen LogP contribution in [0.25, 0.3) is 0 Å². The molecule has 1 aliphatic rings. The van der Waals surface area contributed by atoms with Gasteiger partial charge in [0, 0.05) is 18.0 Å². The molecular weight excluding hydrogens is 256 g/mol. The molecule has 2 aromatic heterocycles. The first-order valence-electron chi connectivity index (χ1n) is 6.67. The van der Waals surface area contributed by atoms with Crippen LogP contribution in [0.1, 0.15) is 46.7 Å². The lowest BCUT2D eigenvalue weighted by Crippen LogP contribution is -2.31. The molecule has 6 nitrogen and oxygen atoms in total. The number of carbonyl (C=O) groups is 1. The minimum atomic E-state index is -0.246. The van der Waals surface area contributed by atoms with Gasteiger partial charge in [-0.2, -0.15) is 0 Å². The molecule has 3 rings (SSSR count). The van der Waals surface area contributed by atoms with Crippen molar-refractivity contribution in [2.24, 2.45) is 5.92 Å². The zero-order chi connectivity index (χ0) is 14.1. The summed E-state index contributed by atoms with van der Waals surface area (Å²) in [6.07, 6.45) is 3.89. The van der Waals surface area contributed by atoms with E-state index >= 15 is 0 Å². The van der Waals surface area contributed by atoms with Crippen LogP contribution in [-0.4, -0.2) is 21.0 Å². The third-order valence-corrected chi connectivity index (χ3v) is 3.33. The topological polar surface area (TPSA) is 80.9 Å². The molecule has 0 unspecified atom stereocenters. The number of aryl methyl sites for hydroxylation is 2. The van der Waals surface area contributed by atoms with Gasteiger partial charge in [-0.1, -0.05) is 5.16 Å². The van der Waals surface area contributed by atoms with Crippen LogP contribution >= 0.6 is 0 Å². The molecule has 0 radical (unpaired) electrons. The third-order valence-electron chi connectivity index (χ3n) is 3.33. The van der Waals surface area contributed by atoms with Crippen molar-refractivity contribution in [3.05, 3.63) is 41.3 Å². The van der Waals surface area contributed by atoms with E-state index in [0.29, 0.717) is 23.2 Å². The summed E-state index contributed by atoms with van der Waals surface area (Å²) in [4.78, 5) is 20.9. The van der Waals surface area contributed by atoms with E-state index in [-0.39, 0.29) is 11.9 Å². The predicted octanol–water partition coefficient (Wildman–Crippen LogP) is 1.96. The number of hydrogen-bond acceptors (Lipinski definition) is 5. The Morgan fingerprint density at radius 3 is 2.85 bits per heavy atom. The highest BCUT2D eigenvalue weighted by atomic mass is 16.5. The first-order chi connectivity index (χ1) is 9.63. The maximum atomic E-state index is 12.2. The van der Waals surface area contributed by atoms with E-state index in [2.05, 4.69) is 20.4 Å². The van der Waals surface area contributed by atoms with Gasteiger partial charge in [0.25, 0.3) is 5.91 Å². The quantitative estimate of drug-likeness (QED) is 0.920. The summed E-state index contributed by atoms with van der Waals surface area (Å²) in [6.45, 7) is 3.67. The lowest BCUT2D eigenvalue weighted by molar-refractivity contribution is 0.0920. The second-order valence-electron chi connectivity index (χ2n) is 5.17. The molecule has 1 amide bonds. The maximum absolute atomic E-state index is 12.2. The Balaban J connectivity index is 1.80. The van der Waals surface area contributed by atoms with Crippen LogP contribution in [0.15, 0.2) is 22.9 Å². The summed E-state index contributed by atoms with van der Waals surface area (Å²) < 4.78 is 4.93. The fourth-order valence-electron chi connectivity index (χ4n) is 2.13. The predicted molar refractivity (Wildman–Crippen MR) is 70.9 cm³/mol. The number of aromatic nitrogens is 3. The van der Waals surface area contributed by atoms with Crippen molar-refractivity contribution >= 4 is 5.91 Å². The van der Waals surface area contributed by atoms with Crippen molar-refractivity contribution in [2.75, 3.05) is 0 Å². The number of carbonyl (C=O) groups excluding carboxylic acids is 1. The minimum Gasteiger partial charge on any atom is -0.361 e. The Kier molecular flexibility index (Phi) is 3.22. The summed E-state index contributed by atoms with van der Waals surface area (Å²) in [6, 6.07) is 3.31. The average Bonchev–Trinajstić information content (AvgIpc) is 3.17. The number of rotatable bonds is 4. The third kappa shape index (κ3) is 2.68. The molecule has 1 N–H and O–H groups in total. The first kappa shape index (κ1) is 12.8. The van der Waals surface area contributed by atoms with Crippen LogP contribution in [0.5, 0.6) is 0 Å². The first-order valence-corrected chi connectivity index (χ1v) is 6.67. The van der Waals surface area contributed by atoms with E-state index in [1.165, 1.54) is 0 Å². The molecule has 104 valence electrons. The molecule has 1 saturated carbocycles. The highest BCUT2D eigenvalue weighted by Gasteiger charge is 2.35. The van der Waals surface area contributed by atoms with E-state index in [1.807, 2.05) is 13.0 Å². The molecule has 2 aromatic rings. The number of nitrogens with one attached hydrogen (secondary N) is 1. The molecule has 0 saturated heterocycles. The Hall–Kier alpha value is -2.24. The molecule has 2 heterocycles. The summed E-state index contributed by atoms with van der Waals surface area (Å²) in [5.41, 5.74) is 1.19. The van der Waals surface area contributed by atoms with Gasteiger partial charge in [0.05, 0.1) is 6.04 Å². The monoisotopic (exact) mass is 272 g/mol. The molecule has 0 spiro atoms. The van der Waals surface area contributed by atoms with Gasteiger partial charge >= 0.3 is 0 Å². The standard InChI is InChI=1S/C14H16N4O2/c1-8-5-6-15-13(16-8)12(10-3-4-10)17-14(19)11-7-9(2)20-18-11/h5-7,10,12H,3-4H2,1-2H3,(H,17,19)/t12-/m1/s1. The summed E-state index contributed by atoms with van der Waals surface area (Å²) in [5, 5.41) is 6.70. The Morgan fingerprint density at radius 2 is 2.25 bits per heavy atom. The highest BCUT2D eigenvalue weighted by Crippen LogP contribution is 2.40. The summed E-state index contributed by atoms with van der Waals surface area (Å²) >= 11 is 0. The molecule has 1 atom stereocenters. The Bertz CT molecular complexity index is 634. The fourth-order valence-corrected chi connectivity index (χ4v) is 2.13. The minimum absolute atomic E-state index is 0.153. The van der Waals surface area contributed by atoms with Gasteiger partial charge in [0.1, 0.15) is 5.76 Å². The number of hydrogen-bond donors (Lipinski definition) is 1. The van der Waals surface area contributed by atoms with Crippen LogP contribution in [0.2, 0.25) is 0 Å². The van der Waals surface area contributed by atoms with Crippen molar-refractivity contribution in [1.82, 2.24) is 20.4 Å². The smallest absolute Gasteiger partial charge is 0.274 e. The van der Waals surface area contributed by atoms with Crippen LogP contribution in [0.4, 0.5) is 0 Å². The zero-order valence-corrected chi connectivity index (χ0v) is 11.5. The van der Waals surface area contributed by atoms with Crippen molar-refractivity contribution in [1.29, 1.82) is 0 Å². The SMILES string of the molecule is Cc1ccnc([C@H](NC(=O)c2cc(C)on2)C2CC2)n1. The molecule has 0 aliphatic heterocycles. The van der Waals surface area contributed by atoms with Crippen LogP contribution < -0.4 is 5.32 Å².